The van der Waals surface area contributed by atoms with Crippen LogP contribution in [0.4, 0.5) is 0 Å². The first-order valence-corrected chi connectivity index (χ1v) is 6.60. The second kappa shape index (κ2) is 8.19. The zero-order valence-corrected chi connectivity index (χ0v) is 12.1. The van der Waals surface area contributed by atoms with Crippen LogP contribution < -0.4 is 10.1 Å². The van der Waals surface area contributed by atoms with Crippen molar-refractivity contribution in [3.8, 4) is 5.75 Å². The van der Waals surface area contributed by atoms with Gasteiger partial charge in [-0.2, -0.15) is 0 Å². The van der Waals surface area contributed by atoms with E-state index >= 15 is 0 Å². The number of rotatable bonds is 7. The third-order valence-electron chi connectivity index (χ3n) is 3.03. The molecule has 0 aromatic heterocycles. The second-order valence-electron chi connectivity index (χ2n) is 4.40. The Kier molecular flexibility index (Phi) is 6.56. The highest BCUT2D eigenvalue weighted by Crippen LogP contribution is 2.12. The molecule has 1 unspecified atom stereocenters. The van der Waals surface area contributed by atoms with Crippen LogP contribution in [0.5, 0.6) is 5.75 Å². The zero-order valence-electron chi connectivity index (χ0n) is 12.1. The van der Waals surface area contributed by atoms with Crippen molar-refractivity contribution in [2.24, 2.45) is 0 Å². The summed E-state index contributed by atoms with van der Waals surface area (Å²) in [5.41, 5.74) is 1.05. The first-order chi connectivity index (χ1) is 9.60. The fourth-order valence-corrected chi connectivity index (χ4v) is 1.79. The third-order valence-corrected chi connectivity index (χ3v) is 3.03. The second-order valence-corrected chi connectivity index (χ2v) is 4.40. The molecule has 1 amide bonds. The lowest BCUT2D eigenvalue weighted by atomic mass is 10.1. The maximum absolute atomic E-state index is 11.8. The van der Waals surface area contributed by atoms with Crippen LogP contribution in [0.1, 0.15) is 25.3 Å². The Morgan fingerprint density at radius 3 is 2.35 bits per heavy atom. The average molecular weight is 279 g/mol. The summed E-state index contributed by atoms with van der Waals surface area (Å²) in [6, 6.07) is 6.99. The Labute approximate surface area is 119 Å². The fourth-order valence-electron chi connectivity index (χ4n) is 1.79. The monoisotopic (exact) mass is 279 g/mol. The van der Waals surface area contributed by atoms with Crippen molar-refractivity contribution in [1.82, 2.24) is 5.32 Å². The van der Waals surface area contributed by atoms with Crippen molar-refractivity contribution < 1.29 is 19.1 Å². The average Bonchev–Trinajstić information content (AvgIpc) is 2.50. The number of amides is 1. The minimum absolute atomic E-state index is 0.155. The molecule has 0 aliphatic rings. The van der Waals surface area contributed by atoms with Crippen molar-refractivity contribution in [3.05, 3.63) is 29.8 Å². The van der Waals surface area contributed by atoms with Gasteiger partial charge in [-0.3, -0.25) is 4.79 Å². The van der Waals surface area contributed by atoms with E-state index in [1.54, 1.807) is 7.11 Å². The van der Waals surface area contributed by atoms with Gasteiger partial charge in [-0.05, 0) is 30.5 Å². The summed E-state index contributed by atoms with van der Waals surface area (Å²) in [5, 5.41) is 2.67. The van der Waals surface area contributed by atoms with Crippen LogP contribution in [0, 0.1) is 0 Å². The van der Waals surface area contributed by atoms with E-state index in [1.807, 2.05) is 31.2 Å². The summed E-state index contributed by atoms with van der Waals surface area (Å²) < 4.78 is 9.69. The van der Waals surface area contributed by atoms with Gasteiger partial charge in [-0.15, -0.1) is 0 Å². The molecule has 0 aliphatic heterocycles. The lowest BCUT2D eigenvalue weighted by Gasteiger charge is -2.14. The van der Waals surface area contributed by atoms with Gasteiger partial charge in [-0.25, -0.2) is 4.79 Å². The number of benzene rings is 1. The molecule has 0 fully saturated rings. The molecule has 110 valence electrons. The van der Waals surface area contributed by atoms with Gasteiger partial charge >= 0.3 is 5.97 Å². The van der Waals surface area contributed by atoms with Gasteiger partial charge in [0.15, 0.2) is 0 Å². The quantitative estimate of drug-likeness (QED) is 0.771. The Balaban J connectivity index is 2.43. The van der Waals surface area contributed by atoms with Gasteiger partial charge in [0.1, 0.15) is 11.8 Å². The molecule has 0 saturated heterocycles. The molecular weight excluding hydrogens is 258 g/mol. The normalized spacial score (nSPS) is 11.6. The number of aryl methyl sites for hydroxylation is 1. The van der Waals surface area contributed by atoms with Crippen molar-refractivity contribution >= 4 is 11.9 Å². The SMILES string of the molecule is CCC(NC(=O)CCc1ccc(OC)cc1)C(=O)OC. The molecule has 1 aromatic rings. The molecule has 0 saturated carbocycles. The van der Waals surface area contributed by atoms with Crippen LogP contribution in [-0.4, -0.2) is 32.1 Å². The largest absolute Gasteiger partial charge is 0.497 e. The van der Waals surface area contributed by atoms with E-state index < -0.39 is 12.0 Å². The van der Waals surface area contributed by atoms with Crippen molar-refractivity contribution in [2.75, 3.05) is 14.2 Å². The highest BCUT2D eigenvalue weighted by atomic mass is 16.5. The lowest BCUT2D eigenvalue weighted by Crippen LogP contribution is -2.41. The van der Waals surface area contributed by atoms with E-state index in [9.17, 15) is 9.59 Å². The highest BCUT2D eigenvalue weighted by molar-refractivity contribution is 5.84. The number of nitrogens with one attached hydrogen (secondary N) is 1. The maximum Gasteiger partial charge on any atom is 0.328 e. The molecule has 0 aliphatic carbocycles. The van der Waals surface area contributed by atoms with Gasteiger partial charge < -0.3 is 14.8 Å². The van der Waals surface area contributed by atoms with Gasteiger partial charge in [0, 0.05) is 6.42 Å². The van der Waals surface area contributed by atoms with E-state index in [1.165, 1.54) is 7.11 Å². The number of ether oxygens (including phenoxy) is 2. The predicted molar refractivity (Wildman–Crippen MR) is 75.6 cm³/mol. The van der Waals surface area contributed by atoms with Crippen molar-refractivity contribution in [1.29, 1.82) is 0 Å². The van der Waals surface area contributed by atoms with Gasteiger partial charge in [-0.1, -0.05) is 19.1 Å². The van der Waals surface area contributed by atoms with E-state index in [0.717, 1.165) is 11.3 Å². The van der Waals surface area contributed by atoms with E-state index in [0.29, 0.717) is 19.3 Å². The number of hydrogen-bond acceptors (Lipinski definition) is 4. The Morgan fingerprint density at radius 2 is 1.85 bits per heavy atom. The third kappa shape index (κ3) is 4.91. The number of methoxy groups -OCH3 is 2. The summed E-state index contributed by atoms with van der Waals surface area (Å²) in [7, 11) is 2.93. The van der Waals surface area contributed by atoms with Crippen molar-refractivity contribution in [2.45, 2.75) is 32.2 Å². The van der Waals surface area contributed by atoms with E-state index in [4.69, 9.17) is 4.74 Å². The van der Waals surface area contributed by atoms with Crippen LogP contribution in [0.2, 0.25) is 0 Å². The summed E-state index contributed by atoms with van der Waals surface area (Å²) >= 11 is 0. The Morgan fingerprint density at radius 1 is 1.20 bits per heavy atom. The number of hydrogen-bond donors (Lipinski definition) is 1. The van der Waals surface area contributed by atoms with Crippen LogP contribution in [0.25, 0.3) is 0 Å². The molecule has 5 nitrogen and oxygen atoms in total. The predicted octanol–water partition coefficient (Wildman–Crippen LogP) is 1.70. The molecule has 0 radical (unpaired) electrons. The molecule has 1 rings (SSSR count). The standard InChI is InChI=1S/C15H21NO4/c1-4-13(15(18)20-3)16-14(17)10-7-11-5-8-12(19-2)9-6-11/h5-6,8-9,13H,4,7,10H2,1-3H3,(H,16,17). The van der Waals surface area contributed by atoms with Crippen molar-refractivity contribution in [3.63, 3.8) is 0 Å². The number of carbonyl (C=O) groups is 2. The molecule has 20 heavy (non-hydrogen) atoms. The highest BCUT2D eigenvalue weighted by Gasteiger charge is 2.18. The summed E-state index contributed by atoms with van der Waals surface area (Å²) in [4.78, 5) is 23.2. The molecule has 1 atom stereocenters. The maximum atomic E-state index is 11.8. The van der Waals surface area contributed by atoms with Crippen LogP contribution in [0.15, 0.2) is 24.3 Å². The molecular formula is C15H21NO4. The van der Waals surface area contributed by atoms with E-state index in [-0.39, 0.29) is 5.91 Å². The topological polar surface area (TPSA) is 64.6 Å². The first-order valence-electron chi connectivity index (χ1n) is 6.60. The van der Waals surface area contributed by atoms with Crippen LogP contribution in [0.3, 0.4) is 0 Å². The minimum atomic E-state index is -0.566. The Bertz CT molecular complexity index is 442. The zero-order chi connectivity index (χ0) is 15.0. The smallest absolute Gasteiger partial charge is 0.328 e. The van der Waals surface area contributed by atoms with Gasteiger partial charge in [0.2, 0.25) is 5.91 Å². The molecule has 1 N–H and O–H groups in total. The van der Waals surface area contributed by atoms with E-state index in [2.05, 4.69) is 10.1 Å². The van der Waals surface area contributed by atoms with Crippen LogP contribution in [-0.2, 0) is 20.7 Å². The molecule has 1 aromatic carbocycles. The minimum Gasteiger partial charge on any atom is -0.497 e. The number of esters is 1. The molecule has 5 heteroatoms. The Hall–Kier alpha value is -2.04. The molecule has 0 bridgehead atoms. The summed E-state index contributed by atoms with van der Waals surface area (Å²) in [5.74, 6) is 0.221. The lowest BCUT2D eigenvalue weighted by molar-refractivity contribution is -0.145. The summed E-state index contributed by atoms with van der Waals surface area (Å²) in [6.45, 7) is 1.82. The van der Waals surface area contributed by atoms with Gasteiger partial charge in [0.25, 0.3) is 0 Å². The number of carbonyl (C=O) groups excluding carboxylic acids is 2. The molecule has 0 heterocycles. The fraction of sp³-hybridized carbons (Fsp3) is 0.467. The first kappa shape index (κ1) is 16.0. The summed E-state index contributed by atoms with van der Waals surface area (Å²) in [6.07, 6.45) is 1.47. The van der Waals surface area contributed by atoms with Gasteiger partial charge in [0.05, 0.1) is 14.2 Å². The van der Waals surface area contributed by atoms with Crippen LogP contribution >= 0.6 is 0 Å². The molecule has 0 spiro atoms.